The Bertz CT molecular complexity index is 488. The van der Waals surface area contributed by atoms with Crippen LogP contribution in [-0.2, 0) is 0 Å². The van der Waals surface area contributed by atoms with Crippen LogP contribution in [0, 0.1) is 6.92 Å². The van der Waals surface area contributed by atoms with E-state index in [9.17, 15) is 4.79 Å². The van der Waals surface area contributed by atoms with Crippen LogP contribution in [0.25, 0.3) is 11.6 Å². The second-order valence-electron chi connectivity index (χ2n) is 3.03. The molecule has 0 radical (unpaired) electrons. The first-order chi connectivity index (χ1) is 7.18. The summed E-state index contributed by atoms with van der Waals surface area (Å²) in [6.07, 6.45) is 4.05. The molecule has 0 saturated heterocycles. The monoisotopic (exact) mass is 204 g/mol. The van der Waals surface area contributed by atoms with Gasteiger partial charge in [-0.05, 0) is 18.6 Å². The third kappa shape index (κ3) is 1.71. The van der Waals surface area contributed by atoms with Crippen molar-refractivity contribution >= 4 is 5.97 Å². The Balaban J connectivity index is 2.40. The lowest BCUT2D eigenvalue weighted by molar-refractivity contribution is 0.0696. The number of furan rings is 1. The maximum absolute atomic E-state index is 10.6. The molecule has 2 aromatic rings. The molecule has 1 N–H and O–H groups in total. The number of carbonyl (C=O) groups is 1. The van der Waals surface area contributed by atoms with E-state index in [1.54, 1.807) is 12.3 Å². The normalized spacial score (nSPS) is 10.2. The zero-order valence-corrected chi connectivity index (χ0v) is 7.97. The van der Waals surface area contributed by atoms with Gasteiger partial charge in [-0.1, -0.05) is 0 Å². The molecule has 0 aliphatic rings. The largest absolute Gasteiger partial charge is 0.478 e. The van der Waals surface area contributed by atoms with Crippen molar-refractivity contribution in [3.63, 3.8) is 0 Å². The number of carboxylic acids is 1. The van der Waals surface area contributed by atoms with Gasteiger partial charge in [0, 0.05) is 12.4 Å². The minimum Gasteiger partial charge on any atom is -0.478 e. The molecule has 5 nitrogen and oxygen atoms in total. The molecule has 0 spiro atoms. The van der Waals surface area contributed by atoms with Crippen molar-refractivity contribution in [1.29, 1.82) is 0 Å². The van der Waals surface area contributed by atoms with Gasteiger partial charge < -0.3 is 9.52 Å². The van der Waals surface area contributed by atoms with Gasteiger partial charge in [-0.3, -0.25) is 0 Å². The molecule has 15 heavy (non-hydrogen) atoms. The Labute approximate surface area is 85.4 Å². The highest BCUT2D eigenvalue weighted by Crippen LogP contribution is 2.19. The number of aromatic carboxylic acids is 1. The SMILES string of the molecule is Cc1ccoc1-c1ncc(C(=O)O)cn1. The van der Waals surface area contributed by atoms with Gasteiger partial charge in [0.25, 0.3) is 0 Å². The van der Waals surface area contributed by atoms with Gasteiger partial charge in [-0.2, -0.15) is 0 Å². The number of nitrogens with zero attached hydrogens (tertiary/aromatic N) is 2. The number of aromatic nitrogens is 2. The second kappa shape index (κ2) is 3.53. The summed E-state index contributed by atoms with van der Waals surface area (Å²) in [6, 6.07) is 1.80. The van der Waals surface area contributed by atoms with E-state index in [0.717, 1.165) is 5.56 Å². The molecule has 0 fully saturated rings. The third-order valence-corrected chi connectivity index (χ3v) is 1.96. The predicted molar refractivity (Wildman–Crippen MR) is 51.4 cm³/mol. The van der Waals surface area contributed by atoms with Gasteiger partial charge in [0.2, 0.25) is 0 Å². The molecule has 5 heteroatoms. The van der Waals surface area contributed by atoms with E-state index >= 15 is 0 Å². The van der Waals surface area contributed by atoms with E-state index in [2.05, 4.69) is 9.97 Å². The number of hydrogen-bond donors (Lipinski definition) is 1. The van der Waals surface area contributed by atoms with Gasteiger partial charge in [0.1, 0.15) is 0 Å². The van der Waals surface area contributed by atoms with Crippen molar-refractivity contribution in [2.75, 3.05) is 0 Å². The van der Waals surface area contributed by atoms with Crippen molar-refractivity contribution in [2.24, 2.45) is 0 Å². The fraction of sp³-hybridized carbons (Fsp3) is 0.100. The fourth-order valence-corrected chi connectivity index (χ4v) is 1.16. The molecule has 2 heterocycles. The van der Waals surface area contributed by atoms with Crippen LogP contribution in [0.5, 0.6) is 0 Å². The number of carboxylic acid groups (broad SMARTS) is 1. The molecule has 2 aromatic heterocycles. The predicted octanol–water partition coefficient (Wildman–Crippen LogP) is 1.74. The molecule has 0 amide bonds. The van der Waals surface area contributed by atoms with E-state index in [0.29, 0.717) is 11.6 Å². The molecular formula is C10H8N2O3. The summed E-state index contributed by atoms with van der Waals surface area (Å²) in [5, 5.41) is 8.66. The molecule has 0 saturated carbocycles. The zero-order valence-electron chi connectivity index (χ0n) is 7.97. The maximum atomic E-state index is 10.6. The maximum Gasteiger partial charge on any atom is 0.338 e. The zero-order chi connectivity index (χ0) is 10.8. The number of aryl methyl sites for hydroxylation is 1. The number of rotatable bonds is 2. The molecule has 0 bridgehead atoms. The lowest BCUT2D eigenvalue weighted by Crippen LogP contribution is -1.99. The van der Waals surface area contributed by atoms with Crippen LogP contribution in [0.4, 0.5) is 0 Å². The quantitative estimate of drug-likeness (QED) is 0.806. The molecular weight excluding hydrogens is 196 g/mol. The van der Waals surface area contributed by atoms with Crippen LogP contribution in [0.15, 0.2) is 29.1 Å². The lowest BCUT2D eigenvalue weighted by atomic mass is 10.2. The van der Waals surface area contributed by atoms with Gasteiger partial charge in [0.05, 0.1) is 11.8 Å². The topological polar surface area (TPSA) is 76.2 Å². The van der Waals surface area contributed by atoms with Crippen molar-refractivity contribution < 1.29 is 14.3 Å². The Kier molecular flexibility index (Phi) is 2.21. The molecule has 0 aliphatic carbocycles. The van der Waals surface area contributed by atoms with Gasteiger partial charge in [-0.15, -0.1) is 0 Å². The highest BCUT2D eigenvalue weighted by Gasteiger charge is 2.10. The minimum absolute atomic E-state index is 0.0583. The van der Waals surface area contributed by atoms with Crippen LogP contribution >= 0.6 is 0 Å². The third-order valence-electron chi connectivity index (χ3n) is 1.96. The number of hydrogen-bond acceptors (Lipinski definition) is 4. The molecule has 0 unspecified atom stereocenters. The van der Waals surface area contributed by atoms with Gasteiger partial charge in [0.15, 0.2) is 11.6 Å². The van der Waals surface area contributed by atoms with E-state index < -0.39 is 5.97 Å². The molecule has 0 atom stereocenters. The standard InChI is InChI=1S/C10H8N2O3/c1-6-2-3-15-8(6)9-11-4-7(5-12-9)10(13)14/h2-5H,1H3,(H,13,14). The smallest absolute Gasteiger partial charge is 0.338 e. The summed E-state index contributed by atoms with van der Waals surface area (Å²) in [7, 11) is 0. The summed E-state index contributed by atoms with van der Waals surface area (Å²) in [4.78, 5) is 18.4. The van der Waals surface area contributed by atoms with Gasteiger partial charge >= 0.3 is 5.97 Å². The summed E-state index contributed by atoms with van der Waals surface area (Å²) in [5.74, 6) is -0.0906. The summed E-state index contributed by atoms with van der Waals surface area (Å²) < 4.78 is 5.18. The summed E-state index contributed by atoms with van der Waals surface area (Å²) in [6.45, 7) is 1.87. The Hall–Kier alpha value is -2.17. The molecule has 0 aliphatic heterocycles. The van der Waals surface area contributed by atoms with Crippen molar-refractivity contribution in [1.82, 2.24) is 9.97 Å². The van der Waals surface area contributed by atoms with Crippen molar-refractivity contribution in [2.45, 2.75) is 6.92 Å². The first-order valence-electron chi connectivity index (χ1n) is 4.28. The lowest BCUT2D eigenvalue weighted by Gasteiger charge is -1.97. The Morgan fingerprint density at radius 1 is 1.40 bits per heavy atom. The first-order valence-corrected chi connectivity index (χ1v) is 4.28. The van der Waals surface area contributed by atoms with Crippen LogP contribution in [0.3, 0.4) is 0 Å². The average molecular weight is 204 g/mol. The Morgan fingerprint density at radius 3 is 2.53 bits per heavy atom. The van der Waals surface area contributed by atoms with Crippen molar-refractivity contribution in [3.05, 3.63) is 35.9 Å². The summed E-state index contributed by atoms with van der Waals surface area (Å²) in [5.41, 5.74) is 0.973. The highest BCUT2D eigenvalue weighted by atomic mass is 16.4. The molecule has 0 aromatic carbocycles. The van der Waals surface area contributed by atoms with Crippen molar-refractivity contribution in [3.8, 4) is 11.6 Å². The Morgan fingerprint density at radius 2 is 2.07 bits per heavy atom. The van der Waals surface area contributed by atoms with Gasteiger partial charge in [-0.25, -0.2) is 14.8 Å². The first kappa shape index (κ1) is 9.39. The van der Waals surface area contributed by atoms with Crippen LogP contribution < -0.4 is 0 Å². The highest BCUT2D eigenvalue weighted by molar-refractivity contribution is 5.86. The average Bonchev–Trinajstić information content (AvgIpc) is 2.65. The summed E-state index contributed by atoms with van der Waals surface area (Å²) >= 11 is 0. The van der Waals surface area contributed by atoms with Crippen LogP contribution in [0.2, 0.25) is 0 Å². The van der Waals surface area contributed by atoms with Crippen LogP contribution in [0.1, 0.15) is 15.9 Å². The fourth-order valence-electron chi connectivity index (χ4n) is 1.16. The van der Waals surface area contributed by atoms with Crippen LogP contribution in [-0.4, -0.2) is 21.0 Å². The van der Waals surface area contributed by atoms with E-state index in [1.807, 2.05) is 6.92 Å². The molecule has 76 valence electrons. The second-order valence-corrected chi connectivity index (χ2v) is 3.03. The minimum atomic E-state index is -1.04. The van der Waals surface area contributed by atoms with E-state index in [4.69, 9.17) is 9.52 Å². The molecule has 2 rings (SSSR count). The van der Waals surface area contributed by atoms with E-state index in [-0.39, 0.29) is 5.56 Å². The van der Waals surface area contributed by atoms with E-state index in [1.165, 1.54) is 12.4 Å².